The number of hydrogen-bond donors (Lipinski definition) is 3. The highest BCUT2D eigenvalue weighted by Gasteiger charge is 2.22. The Morgan fingerprint density at radius 1 is 0.714 bits per heavy atom. The topological polar surface area (TPSA) is 172 Å². The molecule has 0 fully saturated rings. The predicted octanol–water partition coefficient (Wildman–Crippen LogP) is 1.65. The van der Waals surface area contributed by atoms with Crippen molar-refractivity contribution in [3.63, 3.8) is 0 Å². The van der Waals surface area contributed by atoms with Crippen LogP contribution < -0.4 is 15.2 Å². The highest BCUT2D eigenvalue weighted by atomic mass is 16.6. The Morgan fingerprint density at radius 2 is 1.18 bits per heavy atom. The van der Waals surface area contributed by atoms with Gasteiger partial charge in [-0.1, -0.05) is 6.92 Å². The Labute approximate surface area is 287 Å². The first-order valence-electron chi connectivity index (χ1n) is 16.6. The van der Waals surface area contributed by atoms with Crippen LogP contribution in [0.3, 0.4) is 0 Å². The predicted molar refractivity (Wildman–Crippen MR) is 180 cm³/mol. The van der Waals surface area contributed by atoms with Gasteiger partial charge in [0.1, 0.15) is 25.3 Å². The number of phenols is 2. The summed E-state index contributed by atoms with van der Waals surface area (Å²) in [6.45, 7) is 10.0. The number of ether oxygens (including phenoxy) is 8. The summed E-state index contributed by atoms with van der Waals surface area (Å²) >= 11 is 0. The number of carbonyl (C=O) groups excluding carboxylic acids is 1. The SMILES string of the molecule is CCCOCCOCCOCCOCCOCCOCCOCCOCCNC(=O)c1cc(O)c(O)c2oc3cc(=[N+](C)C)ccc-3nc12. The van der Waals surface area contributed by atoms with E-state index in [9.17, 15) is 15.0 Å². The lowest BCUT2D eigenvalue weighted by Gasteiger charge is -2.12. The van der Waals surface area contributed by atoms with E-state index in [0.717, 1.165) is 24.5 Å². The van der Waals surface area contributed by atoms with Crippen LogP contribution in [0.4, 0.5) is 0 Å². The third kappa shape index (κ3) is 14.9. The number of phenolic OH excluding ortho intramolecular Hbond substituents is 2. The van der Waals surface area contributed by atoms with E-state index in [2.05, 4.69) is 17.2 Å². The van der Waals surface area contributed by atoms with Crippen molar-refractivity contribution in [3.05, 3.63) is 35.2 Å². The Hall–Kier alpha value is -3.41. The molecular weight excluding hydrogens is 642 g/mol. The van der Waals surface area contributed by atoms with Crippen molar-refractivity contribution in [1.82, 2.24) is 14.9 Å². The van der Waals surface area contributed by atoms with Gasteiger partial charge in [-0.05, 0) is 18.6 Å². The van der Waals surface area contributed by atoms with Gasteiger partial charge in [0.2, 0.25) is 11.1 Å². The van der Waals surface area contributed by atoms with Crippen molar-refractivity contribution >= 4 is 17.0 Å². The van der Waals surface area contributed by atoms with Gasteiger partial charge in [-0.2, -0.15) is 0 Å². The van der Waals surface area contributed by atoms with Crippen molar-refractivity contribution in [3.8, 4) is 23.0 Å². The van der Waals surface area contributed by atoms with Gasteiger partial charge >= 0.3 is 0 Å². The van der Waals surface area contributed by atoms with Crippen molar-refractivity contribution in [1.29, 1.82) is 0 Å². The second-order valence-electron chi connectivity index (χ2n) is 10.9. The molecule has 3 N–H and O–H groups in total. The first-order chi connectivity index (χ1) is 23.9. The van der Waals surface area contributed by atoms with Gasteiger partial charge in [0.25, 0.3) is 5.91 Å². The molecule has 0 aromatic heterocycles. The van der Waals surface area contributed by atoms with Gasteiger partial charge in [-0.25, -0.2) is 9.56 Å². The van der Waals surface area contributed by atoms with Gasteiger partial charge in [-0.3, -0.25) is 4.79 Å². The van der Waals surface area contributed by atoms with Crippen molar-refractivity contribution in [2.24, 2.45) is 0 Å². The Kier molecular flexibility index (Phi) is 19.5. The fourth-order valence-corrected chi connectivity index (χ4v) is 4.31. The normalized spacial score (nSPS) is 11.5. The molecule has 1 aromatic carbocycles. The van der Waals surface area contributed by atoms with E-state index in [1.54, 1.807) is 12.1 Å². The van der Waals surface area contributed by atoms with Gasteiger partial charge in [0, 0.05) is 19.2 Å². The number of hydrogen-bond acceptors (Lipinski definition) is 13. The number of aromatic hydroxyl groups is 2. The smallest absolute Gasteiger partial charge is 0.253 e. The highest BCUT2D eigenvalue weighted by molar-refractivity contribution is 6.07. The van der Waals surface area contributed by atoms with Crippen molar-refractivity contribution < 1.29 is 57.3 Å². The summed E-state index contributed by atoms with van der Waals surface area (Å²) in [4.78, 5) is 17.4. The molecule has 0 unspecified atom stereocenters. The van der Waals surface area contributed by atoms with Gasteiger partial charge in [-0.15, -0.1) is 0 Å². The molecule has 0 saturated carbocycles. The lowest BCUT2D eigenvalue weighted by Crippen LogP contribution is -2.28. The molecule has 15 nitrogen and oxygen atoms in total. The van der Waals surface area contributed by atoms with Crippen molar-refractivity contribution in [2.45, 2.75) is 13.3 Å². The molecule has 0 atom stereocenters. The first kappa shape index (κ1) is 40.0. The summed E-state index contributed by atoms with van der Waals surface area (Å²) in [6.07, 6.45) is 1.01. The van der Waals surface area contributed by atoms with E-state index in [4.69, 9.17) is 42.3 Å². The van der Waals surface area contributed by atoms with E-state index in [-0.39, 0.29) is 29.8 Å². The van der Waals surface area contributed by atoms with Gasteiger partial charge in [0.15, 0.2) is 17.1 Å². The number of fused-ring (bicyclic) bond motifs is 2. The highest BCUT2D eigenvalue weighted by Crippen LogP contribution is 2.38. The van der Waals surface area contributed by atoms with E-state index in [0.29, 0.717) is 104 Å². The standard InChI is InChI=1S/C34H51N3O12/c1-4-8-41-10-12-43-14-16-45-18-20-47-22-23-48-21-19-46-17-15-44-13-11-42-9-7-35-34(40)27-25-29(38)32(39)33-31(27)36-28-6-5-26(37(2)3)24-30(28)49-33/h5-6,24-25H,4,7-23H2,1-3H3,(H2,35,36,39,40)/p+1. The van der Waals surface area contributed by atoms with Crippen LogP contribution in [0.25, 0.3) is 22.6 Å². The molecule has 0 spiro atoms. The minimum absolute atomic E-state index is 0.0673. The molecule has 2 aliphatic rings. The maximum Gasteiger partial charge on any atom is 0.253 e. The Bertz CT molecular complexity index is 1410. The Morgan fingerprint density at radius 3 is 1.65 bits per heavy atom. The third-order valence-electron chi connectivity index (χ3n) is 6.84. The second kappa shape index (κ2) is 23.9. The average molecular weight is 695 g/mol. The molecular formula is C34H52N3O12+. The fourth-order valence-electron chi connectivity index (χ4n) is 4.31. The number of benzene rings is 2. The molecule has 3 rings (SSSR count). The van der Waals surface area contributed by atoms with Crippen LogP contribution in [0.15, 0.2) is 28.7 Å². The van der Waals surface area contributed by atoms with Crippen LogP contribution in [0, 0.1) is 0 Å². The summed E-state index contributed by atoms with van der Waals surface area (Å²) in [6, 6.07) is 6.56. The van der Waals surface area contributed by atoms with Crippen LogP contribution in [0.5, 0.6) is 11.5 Å². The summed E-state index contributed by atoms with van der Waals surface area (Å²) in [5, 5.41) is 24.2. The summed E-state index contributed by atoms with van der Waals surface area (Å²) in [7, 11) is 3.77. The van der Waals surface area contributed by atoms with Crippen LogP contribution >= 0.6 is 0 Å². The van der Waals surface area contributed by atoms with E-state index in [1.165, 1.54) is 0 Å². The number of rotatable bonds is 27. The van der Waals surface area contributed by atoms with Crippen molar-refractivity contribution in [2.75, 3.05) is 126 Å². The number of carbonyl (C=O) groups is 1. The zero-order valence-corrected chi connectivity index (χ0v) is 28.9. The zero-order valence-electron chi connectivity index (χ0n) is 28.9. The second-order valence-corrected chi connectivity index (χ2v) is 10.9. The average Bonchev–Trinajstić information content (AvgIpc) is 3.10. The molecule has 1 aromatic rings. The number of amides is 1. The third-order valence-corrected chi connectivity index (χ3v) is 6.84. The van der Waals surface area contributed by atoms with Crippen LogP contribution in [-0.2, 0) is 37.9 Å². The molecule has 0 saturated heterocycles. The summed E-state index contributed by atoms with van der Waals surface area (Å²) < 4.78 is 51.4. The summed E-state index contributed by atoms with van der Waals surface area (Å²) in [5.41, 5.74) is 0.621. The summed E-state index contributed by atoms with van der Waals surface area (Å²) in [5.74, 6) is -1.06. The van der Waals surface area contributed by atoms with Crippen LogP contribution in [0.1, 0.15) is 23.7 Å². The molecule has 1 aliphatic heterocycles. The molecule has 1 amide bonds. The number of nitrogens with zero attached hydrogens (tertiary/aromatic N) is 2. The number of nitrogens with one attached hydrogen (secondary N) is 1. The van der Waals surface area contributed by atoms with E-state index < -0.39 is 17.4 Å². The monoisotopic (exact) mass is 694 g/mol. The lowest BCUT2D eigenvalue weighted by molar-refractivity contribution is -0.0230. The zero-order chi connectivity index (χ0) is 35.1. The molecule has 15 heteroatoms. The molecule has 0 radical (unpaired) electrons. The molecule has 49 heavy (non-hydrogen) atoms. The first-order valence-corrected chi connectivity index (χ1v) is 16.6. The number of aromatic nitrogens is 1. The van der Waals surface area contributed by atoms with Crippen LogP contribution in [-0.4, -0.2) is 147 Å². The molecule has 274 valence electrons. The van der Waals surface area contributed by atoms with E-state index in [1.807, 2.05) is 24.7 Å². The van der Waals surface area contributed by atoms with Crippen LogP contribution in [0.2, 0.25) is 0 Å². The fraction of sp³-hybridized carbons (Fsp3) is 0.618. The minimum Gasteiger partial charge on any atom is -0.504 e. The van der Waals surface area contributed by atoms with E-state index >= 15 is 0 Å². The lowest BCUT2D eigenvalue weighted by atomic mass is 10.1. The Balaban J connectivity index is 1.15. The maximum absolute atomic E-state index is 12.9. The largest absolute Gasteiger partial charge is 0.504 e. The van der Waals surface area contributed by atoms with Gasteiger partial charge in [0.05, 0.1) is 111 Å². The minimum atomic E-state index is -0.493. The molecule has 0 bridgehead atoms. The maximum atomic E-state index is 12.9. The van der Waals surface area contributed by atoms with Gasteiger partial charge < -0.3 is 57.8 Å². The molecule has 1 heterocycles. The molecule has 1 aliphatic carbocycles. The quantitative estimate of drug-likeness (QED) is 0.0456.